The molecule has 0 spiro atoms. The van der Waals surface area contributed by atoms with Crippen molar-refractivity contribution in [1.82, 2.24) is 0 Å². The van der Waals surface area contributed by atoms with Crippen LogP contribution in [0, 0.1) is 10.1 Å². The van der Waals surface area contributed by atoms with Crippen molar-refractivity contribution in [3.63, 3.8) is 0 Å². The highest BCUT2D eigenvalue weighted by Gasteiger charge is 2.35. The van der Waals surface area contributed by atoms with Crippen molar-refractivity contribution in [2.45, 2.75) is 43.9 Å². The van der Waals surface area contributed by atoms with Crippen LogP contribution in [0.25, 0.3) is 0 Å². The normalized spacial score (nSPS) is 18.5. The van der Waals surface area contributed by atoms with Gasteiger partial charge < -0.3 is 18.7 Å². The zero-order valence-corrected chi connectivity index (χ0v) is 11.7. The van der Waals surface area contributed by atoms with E-state index in [-0.39, 0.29) is 30.0 Å². The zero-order chi connectivity index (χ0) is 15.1. The van der Waals surface area contributed by atoms with E-state index in [1.165, 1.54) is 6.26 Å². The third kappa shape index (κ3) is 4.37. The maximum absolute atomic E-state index is 11.3. The van der Waals surface area contributed by atoms with Gasteiger partial charge in [-0.05, 0) is 25.0 Å². The van der Waals surface area contributed by atoms with E-state index in [0.717, 1.165) is 0 Å². The molecule has 0 bridgehead atoms. The Morgan fingerprint density at radius 2 is 2.14 bits per heavy atom. The third-order valence-electron chi connectivity index (χ3n) is 3.63. The molecular weight excluding hydrogens is 278 g/mol. The van der Waals surface area contributed by atoms with Gasteiger partial charge >= 0.3 is 0 Å². The highest BCUT2D eigenvalue weighted by atomic mass is 16.7. The van der Waals surface area contributed by atoms with E-state index in [4.69, 9.17) is 13.9 Å². The molecule has 0 saturated carbocycles. The summed E-state index contributed by atoms with van der Waals surface area (Å²) < 4.78 is 16.1. The lowest BCUT2D eigenvalue weighted by Gasteiger charge is -2.20. The third-order valence-corrected chi connectivity index (χ3v) is 3.63. The molecule has 0 aliphatic carbocycles. The maximum Gasteiger partial charge on any atom is 0.223 e. The average Bonchev–Trinajstić information content (AvgIpc) is 3.14. The standard InChI is InChI=1S/C14H19NO6/c16-7-1-3-12(15(17)18)11(13-4-2-8-19-13)5-6-14-20-9-10-21-14/h2,4,7-8,11-12,14H,1,3,5-6,9-10H2. The molecule has 0 N–H and O–H groups in total. The van der Waals surface area contributed by atoms with Crippen molar-refractivity contribution >= 4 is 6.29 Å². The van der Waals surface area contributed by atoms with Gasteiger partial charge in [0.1, 0.15) is 12.0 Å². The van der Waals surface area contributed by atoms with Crippen LogP contribution in [0.4, 0.5) is 0 Å². The second kappa shape index (κ2) is 7.90. The van der Waals surface area contributed by atoms with Crippen LogP contribution < -0.4 is 0 Å². The Hall–Kier alpha value is -1.73. The van der Waals surface area contributed by atoms with E-state index in [0.29, 0.717) is 38.1 Å². The van der Waals surface area contributed by atoms with Gasteiger partial charge in [-0.3, -0.25) is 10.1 Å². The molecule has 2 atom stereocenters. The van der Waals surface area contributed by atoms with Gasteiger partial charge in [-0.15, -0.1) is 0 Å². The summed E-state index contributed by atoms with van der Waals surface area (Å²) in [7, 11) is 0. The summed E-state index contributed by atoms with van der Waals surface area (Å²) in [6.07, 6.45) is 3.36. The van der Waals surface area contributed by atoms with Crippen LogP contribution in [0.5, 0.6) is 0 Å². The van der Waals surface area contributed by atoms with Crippen molar-refractivity contribution in [3.05, 3.63) is 34.3 Å². The Labute approximate surface area is 122 Å². The highest BCUT2D eigenvalue weighted by Crippen LogP contribution is 2.31. The molecule has 1 fully saturated rings. The maximum atomic E-state index is 11.3. The number of carbonyl (C=O) groups is 1. The van der Waals surface area contributed by atoms with E-state index in [1.807, 2.05) is 0 Å². The quantitative estimate of drug-likeness (QED) is 0.394. The number of hydrogen-bond donors (Lipinski definition) is 0. The summed E-state index contributed by atoms with van der Waals surface area (Å²) in [5.41, 5.74) is 0. The molecule has 2 rings (SSSR count). The first-order valence-corrected chi connectivity index (χ1v) is 7.06. The Morgan fingerprint density at radius 3 is 2.71 bits per heavy atom. The van der Waals surface area contributed by atoms with Crippen LogP contribution in [0.15, 0.2) is 22.8 Å². The smallest absolute Gasteiger partial charge is 0.223 e. The lowest BCUT2D eigenvalue weighted by molar-refractivity contribution is -0.528. The van der Waals surface area contributed by atoms with Crippen LogP contribution in [-0.4, -0.2) is 36.8 Å². The fourth-order valence-corrected chi connectivity index (χ4v) is 2.61. The molecule has 0 radical (unpaired) electrons. The molecule has 1 aromatic rings. The van der Waals surface area contributed by atoms with Crippen molar-refractivity contribution < 1.29 is 23.6 Å². The SMILES string of the molecule is O=CCCC(C(CCC1OCCO1)c1ccco1)[N+](=O)[O-]. The Balaban J connectivity index is 2.05. The summed E-state index contributed by atoms with van der Waals surface area (Å²) in [5, 5.41) is 11.3. The van der Waals surface area contributed by atoms with Gasteiger partial charge in [0.15, 0.2) is 6.29 Å². The second-order valence-electron chi connectivity index (χ2n) is 4.97. The van der Waals surface area contributed by atoms with Gasteiger partial charge in [0.05, 0.1) is 25.4 Å². The van der Waals surface area contributed by atoms with Gasteiger partial charge in [-0.1, -0.05) is 0 Å². The number of aldehydes is 1. The van der Waals surface area contributed by atoms with E-state index in [2.05, 4.69) is 0 Å². The molecule has 1 aromatic heterocycles. The van der Waals surface area contributed by atoms with Gasteiger partial charge in [-0.25, -0.2) is 0 Å². The van der Waals surface area contributed by atoms with Crippen molar-refractivity contribution in [3.8, 4) is 0 Å². The minimum Gasteiger partial charge on any atom is -0.469 e. The lowest BCUT2D eigenvalue weighted by Crippen LogP contribution is -2.28. The first kappa shape index (κ1) is 15.7. The van der Waals surface area contributed by atoms with Crippen molar-refractivity contribution in [2.24, 2.45) is 0 Å². The zero-order valence-electron chi connectivity index (χ0n) is 11.7. The van der Waals surface area contributed by atoms with Crippen LogP contribution in [-0.2, 0) is 14.3 Å². The molecule has 0 aromatic carbocycles. The predicted molar refractivity (Wildman–Crippen MR) is 72.5 cm³/mol. The Bertz CT molecular complexity index is 440. The molecule has 21 heavy (non-hydrogen) atoms. The first-order valence-electron chi connectivity index (χ1n) is 7.06. The molecule has 116 valence electrons. The topological polar surface area (TPSA) is 91.8 Å². The van der Waals surface area contributed by atoms with Crippen molar-refractivity contribution in [1.29, 1.82) is 0 Å². The fraction of sp³-hybridized carbons (Fsp3) is 0.643. The van der Waals surface area contributed by atoms with E-state index >= 15 is 0 Å². The number of furan rings is 1. The minimum atomic E-state index is -0.845. The molecule has 2 heterocycles. The Kier molecular flexibility index (Phi) is 5.89. The first-order chi connectivity index (χ1) is 10.2. The van der Waals surface area contributed by atoms with Crippen LogP contribution in [0.3, 0.4) is 0 Å². The number of nitro groups is 1. The summed E-state index contributed by atoms with van der Waals surface area (Å²) in [4.78, 5) is 21.5. The monoisotopic (exact) mass is 297 g/mol. The summed E-state index contributed by atoms with van der Waals surface area (Å²) in [5.74, 6) is 0.184. The van der Waals surface area contributed by atoms with E-state index in [1.54, 1.807) is 12.1 Å². The summed E-state index contributed by atoms with van der Waals surface area (Å²) in [6.45, 7) is 1.11. The van der Waals surface area contributed by atoms with Gasteiger partial charge in [-0.2, -0.15) is 0 Å². The van der Waals surface area contributed by atoms with Crippen LogP contribution >= 0.6 is 0 Å². The average molecular weight is 297 g/mol. The lowest BCUT2D eigenvalue weighted by atomic mass is 9.89. The number of nitrogens with zero attached hydrogens (tertiary/aromatic N) is 1. The number of ether oxygens (including phenoxy) is 2. The Morgan fingerprint density at radius 1 is 1.38 bits per heavy atom. The molecule has 7 heteroatoms. The van der Waals surface area contributed by atoms with Gasteiger partial charge in [0.2, 0.25) is 6.04 Å². The highest BCUT2D eigenvalue weighted by molar-refractivity contribution is 5.49. The van der Waals surface area contributed by atoms with Gasteiger partial charge in [0, 0.05) is 17.8 Å². The number of carbonyl (C=O) groups excluding carboxylic acids is 1. The fourth-order valence-electron chi connectivity index (χ4n) is 2.61. The van der Waals surface area contributed by atoms with E-state index < -0.39 is 6.04 Å². The molecule has 1 aliphatic rings. The summed E-state index contributed by atoms with van der Waals surface area (Å²) >= 11 is 0. The molecular formula is C14H19NO6. The van der Waals surface area contributed by atoms with Gasteiger partial charge in [0.25, 0.3) is 0 Å². The molecule has 7 nitrogen and oxygen atoms in total. The molecule has 2 unspecified atom stereocenters. The minimum absolute atomic E-state index is 0.166. The van der Waals surface area contributed by atoms with Crippen LogP contribution in [0.2, 0.25) is 0 Å². The largest absolute Gasteiger partial charge is 0.469 e. The van der Waals surface area contributed by atoms with Crippen molar-refractivity contribution in [2.75, 3.05) is 13.2 Å². The number of rotatable bonds is 9. The molecule has 1 saturated heterocycles. The second-order valence-corrected chi connectivity index (χ2v) is 4.97. The molecule has 0 amide bonds. The van der Waals surface area contributed by atoms with E-state index in [9.17, 15) is 14.9 Å². The predicted octanol–water partition coefficient (Wildman–Crippen LogP) is 2.14. The summed E-state index contributed by atoms with van der Waals surface area (Å²) in [6, 6.07) is 2.60. The molecule has 1 aliphatic heterocycles. The number of hydrogen-bond acceptors (Lipinski definition) is 6. The van der Waals surface area contributed by atoms with Crippen LogP contribution in [0.1, 0.15) is 37.4 Å².